The minimum absolute atomic E-state index is 0.0280. The van der Waals surface area contributed by atoms with Gasteiger partial charge in [0.2, 0.25) is 0 Å². The van der Waals surface area contributed by atoms with Crippen LogP contribution in [0, 0.1) is 0 Å². The lowest BCUT2D eigenvalue weighted by Gasteiger charge is -2.35. The second-order valence-electron chi connectivity index (χ2n) is 7.34. The molecule has 1 N–H and O–H groups in total. The molecule has 2 heterocycles. The Morgan fingerprint density at radius 1 is 1.16 bits per heavy atom. The van der Waals surface area contributed by atoms with Crippen LogP contribution in [0.2, 0.25) is 0 Å². The first kappa shape index (κ1) is 24.0. The molecule has 0 aliphatic carbocycles. The number of amides is 2. The lowest BCUT2D eigenvalue weighted by molar-refractivity contribution is 0.0745. The lowest BCUT2D eigenvalue weighted by Crippen LogP contribution is -2.49. The number of hydrogen-bond acceptors (Lipinski definition) is 6. The first-order valence-corrected chi connectivity index (χ1v) is 11.5. The molecule has 1 aromatic heterocycles. The largest absolute Gasteiger partial charge is 0.497 e. The van der Waals surface area contributed by atoms with E-state index < -0.39 is 0 Å². The van der Waals surface area contributed by atoms with Gasteiger partial charge in [0.15, 0.2) is 0 Å². The molecule has 0 bridgehead atoms. The number of benzene rings is 1. The van der Waals surface area contributed by atoms with Crippen LogP contribution in [0.15, 0.2) is 41.0 Å². The van der Waals surface area contributed by atoms with E-state index in [0.29, 0.717) is 62.8 Å². The smallest absolute Gasteiger partial charge is 0.255 e. The van der Waals surface area contributed by atoms with Crippen molar-refractivity contribution >= 4 is 33.6 Å². The number of rotatable bonds is 9. The van der Waals surface area contributed by atoms with E-state index in [0.717, 1.165) is 16.7 Å². The highest BCUT2D eigenvalue weighted by Gasteiger charge is 2.24. The van der Waals surface area contributed by atoms with E-state index >= 15 is 0 Å². The summed E-state index contributed by atoms with van der Waals surface area (Å²) in [7, 11) is 1.58. The summed E-state index contributed by atoms with van der Waals surface area (Å²) >= 11 is 3.46. The van der Waals surface area contributed by atoms with Crippen LogP contribution in [0.3, 0.4) is 0 Å². The summed E-state index contributed by atoms with van der Waals surface area (Å²) < 4.78 is 11.3. The first-order valence-electron chi connectivity index (χ1n) is 10.7. The maximum atomic E-state index is 12.9. The van der Waals surface area contributed by atoms with Crippen LogP contribution < -0.4 is 15.0 Å². The van der Waals surface area contributed by atoms with E-state index in [2.05, 4.69) is 31.1 Å². The highest BCUT2D eigenvalue weighted by molar-refractivity contribution is 9.10. The van der Waals surface area contributed by atoms with Gasteiger partial charge in [0.05, 0.1) is 18.2 Å². The van der Waals surface area contributed by atoms with Crippen molar-refractivity contribution in [2.24, 2.45) is 0 Å². The number of carbonyl (C=O) groups is 2. The Kier molecular flexibility index (Phi) is 8.87. The monoisotopic (exact) mass is 504 g/mol. The number of methoxy groups -OCH3 is 1. The van der Waals surface area contributed by atoms with Crippen LogP contribution in [0.5, 0.6) is 5.75 Å². The Balaban J connectivity index is 1.52. The van der Waals surface area contributed by atoms with Crippen molar-refractivity contribution in [2.75, 3.05) is 57.9 Å². The fourth-order valence-electron chi connectivity index (χ4n) is 3.43. The van der Waals surface area contributed by atoms with Crippen LogP contribution in [-0.2, 0) is 4.74 Å². The third-order valence-electron chi connectivity index (χ3n) is 5.26. The third kappa shape index (κ3) is 6.20. The van der Waals surface area contributed by atoms with Crippen molar-refractivity contribution in [3.8, 4) is 5.75 Å². The summed E-state index contributed by atoms with van der Waals surface area (Å²) in [5.74, 6) is 1.28. The van der Waals surface area contributed by atoms with Gasteiger partial charge in [0.25, 0.3) is 11.8 Å². The summed E-state index contributed by atoms with van der Waals surface area (Å²) in [6.07, 6.45) is 2.37. The Hall–Kier alpha value is -2.65. The van der Waals surface area contributed by atoms with E-state index in [1.807, 2.05) is 30.0 Å². The average molecular weight is 505 g/mol. The number of nitrogens with one attached hydrogen (secondary N) is 1. The number of halogens is 1. The van der Waals surface area contributed by atoms with Crippen LogP contribution in [0.1, 0.15) is 34.1 Å². The second kappa shape index (κ2) is 11.8. The van der Waals surface area contributed by atoms with E-state index in [1.165, 1.54) is 0 Å². The van der Waals surface area contributed by atoms with E-state index in [-0.39, 0.29) is 11.8 Å². The molecule has 3 rings (SSSR count). The number of ether oxygens (including phenoxy) is 2. The quantitative estimate of drug-likeness (QED) is 0.528. The van der Waals surface area contributed by atoms with Crippen LogP contribution in [0.4, 0.5) is 5.82 Å². The second-order valence-corrected chi connectivity index (χ2v) is 8.19. The molecular formula is C23H29BrN4O4. The fourth-order valence-corrected chi connectivity index (χ4v) is 3.85. The zero-order valence-corrected chi connectivity index (χ0v) is 20.1. The van der Waals surface area contributed by atoms with Crippen LogP contribution in [-0.4, -0.2) is 74.7 Å². The summed E-state index contributed by atoms with van der Waals surface area (Å²) in [5.41, 5.74) is 1.12. The molecule has 172 valence electrons. The molecule has 1 aliphatic heterocycles. The molecular weight excluding hydrogens is 476 g/mol. The number of aromatic nitrogens is 1. The van der Waals surface area contributed by atoms with Crippen molar-refractivity contribution in [1.29, 1.82) is 0 Å². The molecule has 32 heavy (non-hydrogen) atoms. The van der Waals surface area contributed by atoms with Crippen molar-refractivity contribution in [1.82, 2.24) is 15.2 Å². The van der Waals surface area contributed by atoms with Crippen molar-refractivity contribution in [2.45, 2.75) is 13.3 Å². The number of anilines is 1. The molecule has 8 nitrogen and oxygen atoms in total. The van der Waals surface area contributed by atoms with Gasteiger partial charge in [-0.15, -0.1) is 0 Å². The molecule has 1 fully saturated rings. The van der Waals surface area contributed by atoms with Crippen molar-refractivity contribution in [3.05, 3.63) is 52.1 Å². The molecule has 2 amide bonds. The highest BCUT2D eigenvalue weighted by atomic mass is 79.9. The SMILES string of the molecule is CCOCCCNC(=O)c1ccc(N2CCN(C(=O)c3cc(OC)ccc3Br)CC2)nc1. The predicted molar refractivity (Wildman–Crippen MR) is 126 cm³/mol. The van der Waals surface area contributed by atoms with E-state index in [1.54, 1.807) is 25.4 Å². The van der Waals surface area contributed by atoms with Gasteiger partial charge in [-0.25, -0.2) is 4.98 Å². The zero-order valence-electron chi connectivity index (χ0n) is 18.5. The molecule has 0 unspecified atom stereocenters. The maximum Gasteiger partial charge on any atom is 0.255 e. The summed E-state index contributed by atoms with van der Waals surface area (Å²) in [5, 5.41) is 2.87. The maximum absolute atomic E-state index is 12.9. The summed E-state index contributed by atoms with van der Waals surface area (Å²) in [4.78, 5) is 33.6. The predicted octanol–water partition coefficient (Wildman–Crippen LogP) is 2.97. The molecule has 0 saturated carbocycles. The van der Waals surface area contributed by atoms with Gasteiger partial charge in [-0.2, -0.15) is 0 Å². The lowest BCUT2D eigenvalue weighted by atomic mass is 10.1. The molecule has 2 aromatic rings. The highest BCUT2D eigenvalue weighted by Crippen LogP contribution is 2.25. The molecule has 0 atom stereocenters. The summed E-state index contributed by atoms with van der Waals surface area (Å²) in [6.45, 7) is 6.35. The number of piperazine rings is 1. The molecule has 1 saturated heterocycles. The Labute approximate surface area is 197 Å². The Morgan fingerprint density at radius 3 is 2.59 bits per heavy atom. The topological polar surface area (TPSA) is 84.0 Å². The normalized spacial score (nSPS) is 13.7. The molecule has 0 spiro atoms. The molecule has 0 radical (unpaired) electrons. The van der Waals surface area contributed by atoms with Gasteiger partial charge in [-0.05, 0) is 59.6 Å². The fraction of sp³-hybridized carbons (Fsp3) is 0.435. The number of nitrogens with zero attached hydrogens (tertiary/aromatic N) is 3. The Bertz CT molecular complexity index is 915. The van der Waals surface area contributed by atoms with Gasteiger partial charge in [0, 0.05) is 56.6 Å². The van der Waals surface area contributed by atoms with Crippen molar-refractivity contribution in [3.63, 3.8) is 0 Å². The molecule has 1 aromatic carbocycles. The van der Waals surface area contributed by atoms with Gasteiger partial charge in [-0.3, -0.25) is 9.59 Å². The van der Waals surface area contributed by atoms with Crippen LogP contribution in [0.25, 0.3) is 0 Å². The molecule has 9 heteroatoms. The number of hydrogen-bond donors (Lipinski definition) is 1. The Morgan fingerprint density at radius 2 is 1.94 bits per heavy atom. The van der Waals surface area contributed by atoms with Crippen molar-refractivity contribution < 1.29 is 19.1 Å². The van der Waals surface area contributed by atoms with Gasteiger partial charge < -0.3 is 24.6 Å². The van der Waals surface area contributed by atoms with Gasteiger partial charge in [-0.1, -0.05) is 0 Å². The first-order chi connectivity index (χ1) is 15.5. The number of pyridine rings is 1. The zero-order chi connectivity index (χ0) is 22.9. The minimum atomic E-state index is -0.139. The number of carbonyl (C=O) groups excluding carboxylic acids is 2. The minimum Gasteiger partial charge on any atom is -0.497 e. The summed E-state index contributed by atoms with van der Waals surface area (Å²) in [6, 6.07) is 9.02. The van der Waals surface area contributed by atoms with Gasteiger partial charge in [0.1, 0.15) is 11.6 Å². The van der Waals surface area contributed by atoms with Gasteiger partial charge >= 0.3 is 0 Å². The third-order valence-corrected chi connectivity index (χ3v) is 5.95. The average Bonchev–Trinajstić information content (AvgIpc) is 2.84. The van der Waals surface area contributed by atoms with E-state index in [9.17, 15) is 9.59 Å². The van der Waals surface area contributed by atoms with E-state index in [4.69, 9.17) is 9.47 Å². The molecule has 1 aliphatic rings. The standard InChI is InChI=1S/C23H29BrN4O4/c1-3-32-14-4-9-25-22(29)17-5-8-21(26-16-17)27-10-12-28(13-11-27)23(30)19-15-18(31-2)6-7-20(19)24/h5-8,15-16H,3-4,9-14H2,1-2H3,(H,25,29). The van der Waals surface area contributed by atoms with Crippen LogP contribution >= 0.6 is 15.9 Å².